The Hall–Kier alpha value is -2.25. The van der Waals surface area contributed by atoms with Crippen LogP contribution in [0.5, 0.6) is 0 Å². The average molecular weight is 345 g/mol. The summed E-state index contributed by atoms with van der Waals surface area (Å²) in [5.41, 5.74) is 1.02. The number of anilines is 2. The first-order valence-electron chi connectivity index (χ1n) is 7.88. The third kappa shape index (κ3) is 4.39. The van der Waals surface area contributed by atoms with Crippen molar-refractivity contribution in [3.05, 3.63) is 40.7 Å². The number of hydrogen-bond acceptors (Lipinski definition) is 6. The van der Waals surface area contributed by atoms with Crippen molar-refractivity contribution in [3.63, 3.8) is 0 Å². The molecule has 126 valence electrons. The summed E-state index contributed by atoms with van der Waals surface area (Å²) in [6.07, 6.45) is 2.11. The molecule has 2 aromatic heterocycles. The highest BCUT2D eigenvalue weighted by atomic mass is 32.1. The summed E-state index contributed by atoms with van der Waals surface area (Å²) >= 11 is 1.39. The zero-order valence-corrected chi connectivity index (χ0v) is 14.1. The monoisotopic (exact) mass is 345 g/mol. The van der Waals surface area contributed by atoms with Gasteiger partial charge < -0.3 is 15.0 Å². The minimum atomic E-state index is -0.202. The second kappa shape index (κ2) is 8.03. The number of ketones is 1. The molecule has 0 spiro atoms. The van der Waals surface area contributed by atoms with E-state index in [1.165, 1.54) is 11.3 Å². The van der Waals surface area contributed by atoms with Gasteiger partial charge in [-0.1, -0.05) is 6.07 Å². The van der Waals surface area contributed by atoms with Gasteiger partial charge in [-0.05, 0) is 23.6 Å². The van der Waals surface area contributed by atoms with Crippen molar-refractivity contribution in [2.24, 2.45) is 0 Å². The summed E-state index contributed by atoms with van der Waals surface area (Å²) in [5, 5.41) is 4.59. The number of rotatable bonds is 6. The molecular weight excluding hydrogens is 326 g/mol. The standard InChI is InChI=1S/C17H19N3O3S/c21-14(15-2-1-11-24-15)4-6-17(22)19-16-5-3-13(12-18-16)20-7-9-23-10-8-20/h1-3,5,11-12H,4,6-10H2,(H,18,19,22). The van der Waals surface area contributed by atoms with Gasteiger partial charge >= 0.3 is 0 Å². The predicted octanol–water partition coefficient (Wildman–Crippen LogP) is 2.58. The highest BCUT2D eigenvalue weighted by Gasteiger charge is 2.13. The van der Waals surface area contributed by atoms with Gasteiger partial charge in [-0.25, -0.2) is 4.98 Å². The minimum absolute atomic E-state index is 0.00391. The maximum Gasteiger partial charge on any atom is 0.225 e. The molecule has 0 unspecified atom stereocenters. The lowest BCUT2D eigenvalue weighted by Crippen LogP contribution is -2.36. The van der Waals surface area contributed by atoms with Crippen LogP contribution in [-0.2, 0) is 9.53 Å². The number of amides is 1. The van der Waals surface area contributed by atoms with E-state index in [0.29, 0.717) is 10.7 Å². The number of pyridine rings is 1. The molecule has 6 nitrogen and oxygen atoms in total. The lowest BCUT2D eigenvalue weighted by molar-refractivity contribution is -0.116. The second-order valence-electron chi connectivity index (χ2n) is 5.45. The molecule has 0 atom stereocenters. The number of nitrogens with one attached hydrogen (secondary N) is 1. The van der Waals surface area contributed by atoms with Crippen molar-refractivity contribution < 1.29 is 14.3 Å². The Morgan fingerprint density at radius 1 is 1.21 bits per heavy atom. The number of Topliss-reactive ketones (excluding diaryl/α,β-unsaturated/α-hetero) is 1. The Morgan fingerprint density at radius 2 is 2.04 bits per heavy atom. The van der Waals surface area contributed by atoms with Crippen LogP contribution < -0.4 is 10.2 Å². The van der Waals surface area contributed by atoms with E-state index in [-0.39, 0.29) is 24.5 Å². The van der Waals surface area contributed by atoms with Crippen LogP contribution in [0.15, 0.2) is 35.8 Å². The van der Waals surface area contributed by atoms with E-state index in [0.717, 1.165) is 32.0 Å². The van der Waals surface area contributed by atoms with Gasteiger partial charge in [-0.3, -0.25) is 9.59 Å². The maximum atomic E-state index is 11.9. The summed E-state index contributed by atoms with van der Waals surface area (Å²) in [7, 11) is 0. The van der Waals surface area contributed by atoms with E-state index in [4.69, 9.17) is 4.74 Å². The molecule has 3 heterocycles. The first-order valence-corrected chi connectivity index (χ1v) is 8.75. The van der Waals surface area contributed by atoms with Crippen molar-refractivity contribution in [2.45, 2.75) is 12.8 Å². The van der Waals surface area contributed by atoms with Crippen LogP contribution in [0.2, 0.25) is 0 Å². The van der Waals surface area contributed by atoms with Gasteiger partial charge in [0, 0.05) is 25.9 Å². The van der Waals surface area contributed by atoms with Gasteiger partial charge in [0.1, 0.15) is 5.82 Å². The number of aromatic nitrogens is 1. The maximum absolute atomic E-state index is 11.9. The van der Waals surface area contributed by atoms with Gasteiger partial charge in [-0.2, -0.15) is 0 Å². The minimum Gasteiger partial charge on any atom is -0.378 e. The molecule has 1 amide bonds. The zero-order valence-electron chi connectivity index (χ0n) is 13.2. The van der Waals surface area contributed by atoms with Crippen LogP contribution in [-0.4, -0.2) is 43.0 Å². The van der Waals surface area contributed by atoms with Gasteiger partial charge in [0.15, 0.2) is 5.78 Å². The Bertz CT molecular complexity index is 680. The zero-order chi connectivity index (χ0) is 16.8. The molecule has 2 aromatic rings. The van der Waals surface area contributed by atoms with E-state index >= 15 is 0 Å². The van der Waals surface area contributed by atoms with Crippen LogP contribution in [0.25, 0.3) is 0 Å². The number of nitrogens with zero attached hydrogens (tertiary/aromatic N) is 2. The van der Waals surface area contributed by atoms with Crippen LogP contribution in [0, 0.1) is 0 Å². The fourth-order valence-corrected chi connectivity index (χ4v) is 3.16. The molecule has 24 heavy (non-hydrogen) atoms. The van der Waals surface area contributed by atoms with Crippen molar-refractivity contribution in [3.8, 4) is 0 Å². The fraction of sp³-hybridized carbons (Fsp3) is 0.353. The largest absolute Gasteiger partial charge is 0.378 e. The van der Waals surface area contributed by atoms with E-state index in [1.807, 2.05) is 17.5 Å². The molecule has 1 fully saturated rings. The van der Waals surface area contributed by atoms with Crippen LogP contribution >= 0.6 is 11.3 Å². The van der Waals surface area contributed by atoms with Crippen molar-refractivity contribution in [1.82, 2.24) is 4.98 Å². The number of thiophene rings is 1. The third-order valence-corrected chi connectivity index (χ3v) is 4.68. The molecule has 1 N–H and O–H groups in total. The SMILES string of the molecule is O=C(CCC(=O)c1cccs1)Nc1ccc(N2CCOCC2)cn1. The Labute approximate surface area is 144 Å². The number of hydrogen-bond donors (Lipinski definition) is 1. The molecule has 1 aliphatic heterocycles. The highest BCUT2D eigenvalue weighted by molar-refractivity contribution is 7.12. The molecule has 1 saturated heterocycles. The summed E-state index contributed by atoms with van der Waals surface area (Å²) < 4.78 is 5.32. The number of carbonyl (C=O) groups is 2. The Morgan fingerprint density at radius 3 is 2.71 bits per heavy atom. The molecule has 0 saturated carbocycles. The average Bonchev–Trinajstić information content (AvgIpc) is 3.16. The number of morpholine rings is 1. The van der Waals surface area contributed by atoms with E-state index in [9.17, 15) is 9.59 Å². The molecule has 0 aliphatic carbocycles. The van der Waals surface area contributed by atoms with E-state index < -0.39 is 0 Å². The summed E-state index contributed by atoms with van der Waals surface area (Å²) in [6.45, 7) is 3.13. The van der Waals surface area contributed by atoms with Crippen LogP contribution in [0.3, 0.4) is 0 Å². The van der Waals surface area contributed by atoms with Crippen molar-refractivity contribution >= 4 is 34.5 Å². The molecule has 7 heteroatoms. The third-order valence-electron chi connectivity index (χ3n) is 3.77. The van der Waals surface area contributed by atoms with E-state index in [2.05, 4.69) is 15.2 Å². The lowest BCUT2D eigenvalue weighted by Gasteiger charge is -2.28. The highest BCUT2D eigenvalue weighted by Crippen LogP contribution is 2.17. The van der Waals surface area contributed by atoms with Gasteiger partial charge in [0.25, 0.3) is 0 Å². The van der Waals surface area contributed by atoms with Crippen molar-refractivity contribution in [1.29, 1.82) is 0 Å². The first-order chi connectivity index (χ1) is 11.7. The van der Waals surface area contributed by atoms with Gasteiger partial charge in [0.05, 0.1) is 30.0 Å². The van der Waals surface area contributed by atoms with E-state index in [1.54, 1.807) is 18.3 Å². The van der Waals surface area contributed by atoms with Crippen LogP contribution in [0.1, 0.15) is 22.5 Å². The van der Waals surface area contributed by atoms with Crippen LogP contribution in [0.4, 0.5) is 11.5 Å². The van der Waals surface area contributed by atoms with Crippen molar-refractivity contribution in [2.75, 3.05) is 36.5 Å². The summed E-state index contributed by atoms with van der Waals surface area (Å²) in [4.78, 5) is 31.0. The molecular formula is C17H19N3O3S. The second-order valence-corrected chi connectivity index (χ2v) is 6.40. The molecule has 1 aliphatic rings. The Balaban J connectivity index is 1.48. The summed E-state index contributed by atoms with van der Waals surface area (Å²) in [6, 6.07) is 7.32. The first kappa shape index (κ1) is 16.6. The van der Waals surface area contributed by atoms with Gasteiger partial charge in [0.2, 0.25) is 5.91 Å². The topological polar surface area (TPSA) is 71.5 Å². The lowest BCUT2D eigenvalue weighted by atomic mass is 10.2. The predicted molar refractivity (Wildman–Crippen MR) is 93.8 cm³/mol. The molecule has 0 bridgehead atoms. The molecule has 0 aromatic carbocycles. The molecule has 3 rings (SSSR count). The number of carbonyl (C=O) groups excluding carboxylic acids is 2. The normalized spacial score (nSPS) is 14.4. The van der Waals surface area contributed by atoms with Gasteiger partial charge in [-0.15, -0.1) is 11.3 Å². The Kier molecular flexibility index (Phi) is 5.55. The molecule has 0 radical (unpaired) electrons. The number of ether oxygens (including phenoxy) is 1. The summed E-state index contributed by atoms with van der Waals surface area (Å²) in [5.74, 6) is 0.294. The quantitative estimate of drug-likeness (QED) is 0.815. The smallest absolute Gasteiger partial charge is 0.225 e. The fourth-order valence-electron chi connectivity index (χ4n) is 2.46.